The summed E-state index contributed by atoms with van der Waals surface area (Å²) in [7, 11) is 2.10. The molecule has 2 aliphatic rings. The lowest BCUT2D eigenvalue weighted by Gasteiger charge is -2.37. The molecule has 0 bridgehead atoms. The molecule has 1 aromatic carbocycles. The number of hydrogen-bond donors (Lipinski definition) is 1. The highest BCUT2D eigenvalue weighted by molar-refractivity contribution is 5.44. The SMILES string of the molecule is CNC1(Cc2ccc3c(c2)OCO3)CCCCC1. The van der Waals surface area contributed by atoms with Crippen molar-refractivity contribution in [3.05, 3.63) is 23.8 Å². The van der Waals surface area contributed by atoms with E-state index < -0.39 is 0 Å². The Morgan fingerprint density at radius 3 is 2.67 bits per heavy atom. The fourth-order valence-electron chi connectivity index (χ4n) is 3.19. The zero-order valence-electron chi connectivity index (χ0n) is 11.0. The van der Waals surface area contributed by atoms with Gasteiger partial charge < -0.3 is 14.8 Å². The van der Waals surface area contributed by atoms with Crippen LogP contribution in [0.4, 0.5) is 0 Å². The first-order valence-corrected chi connectivity index (χ1v) is 6.89. The van der Waals surface area contributed by atoms with Crippen LogP contribution in [0.5, 0.6) is 11.5 Å². The summed E-state index contributed by atoms with van der Waals surface area (Å²) in [5, 5.41) is 3.56. The molecule has 0 radical (unpaired) electrons. The first kappa shape index (κ1) is 11.8. The summed E-state index contributed by atoms with van der Waals surface area (Å²) in [5.41, 5.74) is 1.63. The van der Waals surface area contributed by atoms with Crippen molar-refractivity contribution < 1.29 is 9.47 Å². The molecule has 3 rings (SSSR count). The molecule has 0 saturated heterocycles. The Morgan fingerprint density at radius 1 is 1.11 bits per heavy atom. The third kappa shape index (κ3) is 2.19. The van der Waals surface area contributed by atoms with E-state index in [1.807, 2.05) is 6.07 Å². The van der Waals surface area contributed by atoms with Gasteiger partial charge in [0.1, 0.15) is 0 Å². The van der Waals surface area contributed by atoms with Gasteiger partial charge >= 0.3 is 0 Å². The first-order chi connectivity index (χ1) is 8.81. The fourth-order valence-corrected chi connectivity index (χ4v) is 3.19. The Bertz CT molecular complexity index is 425. The van der Waals surface area contributed by atoms with Crippen LogP contribution in [-0.2, 0) is 6.42 Å². The summed E-state index contributed by atoms with van der Waals surface area (Å²) in [6.45, 7) is 0.357. The van der Waals surface area contributed by atoms with Crippen LogP contribution in [0.3, 0.4) is 0 Å². The highest BCUT2D eigenvalue weighted by atomic mass is 16.7. The third-order valence-corrected chi connectivity index (χ3v) is 4.32. The van der Waals surface area contributed by atoms with Gasteiger partial charge in [-0.05, 0) is 44.0 Å². The van der Waals surface area contributed by atoms with E-state index in [9.17, 15) is 0 Å². The zero-order chi connectivity index (χ0) is 12.4. The molecule has 1 aromatic rings. The van der Waals surface area contributed by atoms with Gasteiger partial charge in [0.15, 0.2) is 11.5 Å². The van der Waals surface area contributed by atoms with Gasteiger partial charge in [-0.2, -0.15) is 0 Å². The highest BCUT2D eigenvalue weighted by Crippen LogP contribution is 2.36. The van der Waals surface area contributed by atoms with Gasteiger partial charge in [0.05, 0.1) is 0 Å². The van der Waals surface area contributed by atoms with Gasteiger partial charge in [-0.25, -0.2) is 0 Å². The topological polar surface area (TPSA) is 30.5 Å². The standard InChI is InChI=1S/C15H21NO2/c1-16-15(7-3-2-4-8-15)10-12-5-6-13-14(9-12)18-11-17-13/h5-6,9,16H,2-4,7-8,10-11H2,1H3. The number of nitrogens with one attached hydrogen (secondary N) is 1. The van der Waals surface area contributed by atoms with E-state index in [4.69, 9.17) is 9.47 Å². The van der Waals surface area contributed by atoms with E-state index in [-0.39, 0.29) is 5.54 Å². The smallest absolute Gasteiger partial charge is 0.231 e. The quantitative estimate of drug-likeness (QED) is 0.891. The summed E-state index contributed by atoms with van der Waals surface area (Å²) in [5.74, 6) is 1.77. The molecule has 1 saturated carbocycles. The average Bonchev–Trinajstić information content (AvgIpc) is 2.87. The van der Waals surface area contributed by atoms with Gasteiger partial charge in [0.2, 0.25) is 6.79 Å². The van der Waals surface area contributed by atoms with Crippen LogP contribution in [0.15, 0.2) is 18.2 Å². The number of likely N-dealkylation sites (N-methyl/N-ethyl adjacent to an activating group) is 1. The van der Waals surface area contributed by atoms with Crippen molar-refractivity contribution in [1.29, 1.82) is 0 Å². The van der Waals surface area contributed by atoms with Gasteiger partial charge in [0, 0.05) is 5.54 Å². The predicted molar refractivity (Wildman–Crippen MR) is 71.1 cm³/mol. The molecule has 0 aromatic heterocycles. The van der Waals surface area contributed by atoms with Crippen molar-refractivity contribution in [2.24, 2.45) is 0 Å². The Hall–Kier alpha value is -1.22. The second-order valence-corrected chi connectivity index (χ2v) is 5.46. The van der Waals surface area contributed by atoms with Crippen LogP contribution in [-0.4, -0.2) is 19.4 Å². The predicted octanol–water partition coefficient (Wildman–Crippen LogP) is 2.88. The summed E-state index contributed by atoms with van der Waals surface area (Å²) in [6, 6.07) is 6.33. The lowest BCUT2D eigenvalue weighted by molar-refractivity contribution is 0.174. The Kier molecular flexibility index (Phi) is 3.16. The maximum Gasteiger partial charge on any atom is 0.231 e. The minimum Gasteiger partial charge on any atom is -0.454 e. The normalized spacial score (nSPS) is 20.9. The molecule has 3 nitrogen and oxygen atoms in total. The van der Waals surface area contributed by atoms with Gasteiger partial charge in [-0.15, -0.1) is 0 Å². The van der Waals surface area contributed by atoms with Gasteiger partial charge in [0.25, 0.3) is 0 Å². The van der Waals surface area contributed by atoms with Gasteiger partial charge in [-0.1, -0.05) is 25.3 Å². The molecule has 0 unspecified atom stereocenters. The Morgan fingerprint density at radius 2 is 1.89 bits per heavy atom. The third-order valence-electron chi connectivity index (χ3n) is 4.32. The molecule has 18 heavy (non-hydrogen) atoms. The van der Waals surface area contributed by atoms with E-state index in [2.05, 4.69) is 24.5 Å². The Labute approximate surface area is 108 Å². The van der Waals surface area contributed by atoms with Crippen molar-refractivity contribution in [2.45, 2.75) is 44.1 Å². The van der Waals surface area contributed by atoms with Crippen molar-refractivity contribution in [3.63, 3.8) is 0 Å². The molecule has 1 aliphatic carbocycles. The molecular weight excluding hydrogens is 226 g/mol. The molecular formula is C15H21NO2. The van der Waals surface area contributed by atoms with Crippen LogP contribution >= 0.6 is 0 Å². The number of rotatable bonds is 3. The average molecular weight is 247 g/mol. The highest BCUT2D eigenvalue weighted by Gasteiger charge is 2.30. The van der Waals surface area contributed by atoms with Crippen molar-refractivity contribution >= 4 is 0 Å². The molecule has 3 heteroatoms. The summed E-state index contributed by atoms with van der Waals surface area (Å²) >= 11 is 0. The van der Waals surface area contributed by atoms with Gasteiger partial charge in [-0.3, -0.25) is 0 Å². The number of benzene rings is 1. The largest absolute Gasteiger partial charge is 0.454 e. The monoisotopic (exact) mass is 247 g/mol. The lowest BCUT2D eigenvalue weighted by atomic mass is 9.77. The summed E-state index contributed by atoms with van der Waals surface area (Å²) in [4.78, 5) is 0. The first-order valence-electron chi connectivity index (χ1n) is 6.89. The van der Waals surface area contributed by atoms with E-state index in [0.717, 1.165) is 17.9 Å². The maximum absolute atomic E-state index is 5.45. The molecule has 0 spiro atoms. The lowest BCUT2D eigenvalue weighted by Crippen LogP contribution is -2.46. The van der Waals surface area contributed by atoms with E-state index >= 15 is 0 Å². The molecule has 1 heterocycles. The van der Waals surface area contributed by atoms with Crippen molar-refractivity contribution in [2.75, 3.05) is 13.8 Å². The molecule has 1 fully saturated rings. The molecule has 98 valence electrons. The van der Waals surface area contributed by atoms with E-state index in [1.165, 1.54) is 37.7 Å². The van der Waals surface area contributed by atoms with Crippen LogP contribution in [0, 0.1) is 0 Å². The second-order valence-electron chi connectivity index (χ2n) is 5.46. The molecule has 0 amide bonds. The minimum atomic E-state index is 0.284. The molecule has 1 aliphatic heterocycles. The maximum atomic E-state index is 5.45. The summed E-state index contributed by atoms with van der Waals surface area (Å²) < 4.78 is 10.8. The van der Waals surface area contributed by atoms with E-state index in [1.54, 1.807) is 0 Å². The van der Waals surface area contributed by atoms with Crippen molar-refractivity contribution in [3.8, 4) is 11.5 Å². The minimum absolute atomic E-state index is 0.284. The number of fused-ring (bicyclic) bond motifs is 1. The second kappa shape index (κ2) is 4.81. The zero-order valence-corrected chi connectivity index (χ0v) is 11.0. The van der Waals surface area contributed by atoms with Crippen molar-refractivity contribution in [1.82, 2.24) is 5.32 Å². The van der Waals surface area contributed by atoms with Crippen LogP contribution in [0.1, 0.15) is 37.7 Å². The van der Waals surface area contributed by atoms with Crippen LogP contribution in [0.25, 0.3) is 0 Å². The number of hydrogen-bond acceptors (Lipinski definition) is 3. The fraction of sp³-hybridized carbons (Fsp3) is 0.600. The Balaban J connectivity index is 1.78. The molecule has 1 N–H and O–H groups in total. The number of ether oxygens (including phenoxy) is 2. The van der Waals surface area contributed by atoms with E-state index in [0.29, 0.717) is 6.79 Å². The molecule has 0 atom stereocenters. The summed E-state index contributed by atoms with van der Waals surface area (Å²) in [6.07, 6.45) is 7.69. The van der Waals surface area contributed by atoms with Crippen LogP contribution < -0.4 is 14.8 Å². The van der Waals surface area contributed by atoms with Crippen LogP contribution in [0.2, 0.25) is 0 Å².